The smallest absolute Gasteiger partial charge is 0.317 e. The highest BCUT2D eigenvalue weighted by molar-refractivity contribution is 8.00. The molecule has 1 aromatic rings. The van der Waals surface area contributed by atoms with Gasteiger partial charge in [0, 0.05) is 23.7 Å². The lowest BCUT2D eigenvalue weighted by Gasteiger charge is -2.32. The maximum absolute atomic E-state index is 12.5. The molecule has 154 valence electrons. The van der Waals surface area contributed by atoms with Gasteiger partial charge in [-0.2, -0.15) is 0 Å². The number of benzene rings is 1. The fraction of sp³-hybridized carbons (Fsp3) is 0.500. The largest absolute Gasteiger partial charge is 0.452 e. The minimum atomic E-state index is -0.967. The number of nitro benzene ring substituents is 1. The summed E-state index contributed by atoms with van der Waals surface area (Å²) in [7, 11) is 0. The van der Waals surface area contributed by atoms with Gasteiger partial charge in [0.15, 0.2) is 6.10 Å². The van der Waals surface area contributed by atoms with E-state index in [0.717, 1.165) is 17.8 Å². The van der Waals surface area contributed by atoms with Crippen LogP contribution in [0.1, 0.15) is 45.0 Å². The van der Waals surface area contributed by atoms with E-state index in [9.17, 15) is 24.5 Å². The second-order valence-corrected chi connectivity index (χ2v) is 7.67. The van der Waals surface area contributed by atoms with Crippen molar-refractivity contribution in [2.24, 2.45) is 5.73 Å². The van der Waals surface area contributed by atoms with Crippen LogP contribution >= 0.6 is 11.8 Å². The van der Waals surface area contributed by atoms with Crippen molar-refractivity contribution in [2.75, 3.05) is 5.75 Å². The van der Waals surface area contributed by atoms with Gasteiger partial charge >= 0.3 is 5.97 Å². The van der Waals surface area contributed by atoms with E-state index in [-0.39, 0.29) is 39.9 Å². The molecule has 28 heavy (non-hydrogen) atoms. The number of carbonyl (C=O) groups is 3. The van der Waals surface area contributed by atoms with Gasteiger partial charge in [-0.05, 0) is 46.8 Å². The molecule has 9 nitrogen and oxygen atoms in total. The maximum Gasteiger partial charge on any atom is 0.317 e. The molecule has 0 unspecified atom stereocenters. The lowest BCUT2D eigenvalue weighted by Crippen LogP contribution is -2.47. The third-order valence-corrected chi connectivity index (χ3v) is 4.85. The number of ether oxygens (including phenoxy) is 1. The summed E-state index contributed by atoms with van der Waals surface area (Å²) in [4.78, 5) is 48.1. The average molecular weight is 411 g/mol. The Kier molecular flexibility index (Phi) is 8.42. The molecule has 1 rings (SSSR count). The Balaban J connectivity index is 2.78. The van der Waals surface area contributed by atoms with Crippen molar-refractivity contribution in [1.82, 2.24) is 4.90 Å². The molecule has 0 bridgehead atoms. The first kappa shape index (κ1) is 23.4. The van der Waals surface area contributed by atoms with E-state index < -0.39 is 22.9 Å². The van der Waals surface area contributed by atoms with Crippen LogP contribution in [0.15, 0.2) is 23.1 Å². The Morgan fingerprint density at radius 3 is 2.21 bits per heavy atom. The monoisotopic (exact) mass is 411 g/mol. The zero-order valence-corrected chi connectivity index (χ0v) is 17.3. The molecule has 2 amide bonds. The van der Waals surface area contributed by atoms with Gasteiger partial charge < -0.3 is 15.4 Å². The predicted molar refractivity (Wildman–Crippen MR) is 105 cm³/mol. The van der Waals surface area contributed by atoms with Crippen molar-refractivity contribution >= 4 is 35.2 Å². The highest BCUT2D eigenvalue weighted by Gasteiger charge is 2.28. The van der Waals surface area contributed by atoms with Gasteiger partial charge in [0.2, 0.25) is 5.91 Å². The van der Waals surface area contributed by atoms with Gasteiger partial charge in [-0.1, -0.05) is 0 Å². The van der Waals surface area contributed by atoms with E-state index in [2.05, 4.69) is 0 Å². The van der Waals surface area contributed by atoms with Crippen LogP contribution in [0.25, 0.3) is 0 Å². The summed E-state index contributed by atoms with van der Waals surface area (Å²) in [5.74, 6) is -1.99. The quantitative estimate of drug-likeness (QED) is 0.285. The molecule has 0 aliphatic rings. The summed E-state index contributed by atoms with van der Waals surface area (Å²) in [5, 5.41) is 11.2. The van der Waals surface area contributed by atoms with E-state index in [1.807, 2.05) is 27.7 Å². The highest BCUT2D eigenvalue weighted by Crippen LogP contribution is 2.30. The first-order valence-electron chi connectivity index (χ1n) is 8.68. The van der Waals surface area contributed by atoms with Crippen molar-refractivity contribution in [2.45, 2.75) is 57.7 Å². The summed E-state index contributed by atoms with van der Waals surface area (Å²) < 4.78 is 5.18. The van der Waals surface area contributed by atoms with Gasteiger partial charge in [-0.25, -0.2) is 0 Å². The van der Waals surface area contributed by atoms with Gasteiger partial charge in [-0.15, -0.1) is 11.8 Å². The second-order valence-electron chi connectivity index (χ2n) is 6.66. The zero-order chi connectivity index (χ0) is 21.6. The van der Waals surface area contributed by atoms with Crippen LogP contribution in [0.2, 0.25) is 0 Å². The number of carbonyl (C=O) groups excluding carboxylic acids is 3. The van der Waals surface area contributed by atoms with E-state index in [4.69, 9.17) is 10.5 Å². The Hall–Kier alpha value is -2.62. The molecule has 0 radical (unpaired) electrons. The van der Waals surface area contributed by atoms with Crippen molar-refractivity contribution in [3.05, 3.63) is 33.9 Å². The minimum Gasteiger partial charge on any atom is -0.452 e. The molecule has 0 heterocycles. The number of amides is 2. The van der Waals surface area contributed by atoms with Crippen LogP contribution in [0, 0.1) is 10.1 Å². The zero-order valence-electron chi connectivity index (χ0n) is 16.5. The number of nitrogens with two attached hydrogens (primary N) is 1. The molecule has 0 saturated carbocycles. The number of primary amides is 1. The molecule has 0 aliphatic carbocycles. The lowest BCUT2D eigenvalue weighted by atomic mass is 10.2. The van der Waals surface area contributed by atoms with Gasteiger partial charge in [0.05, 0.1) is 15.6 Å². The summed E-state index contributed by atoms with van der Waals surface area (Å²) in [5.41, 5.74) is 4.80. The summed E-state index contributed by atoms with van der Waals surface area (Å²) in [6, 6.07) is 3.66. The Labute approximate surface area is 167 Å². The third-order valence-electron chi connectivity index (χ3n) is 3.81. The lowest BCUT2D eigenvalue weighted by molar-refractivity contribution is -0.387. The highest BCUT2D eigenvalue weighted by atomic mass is 32.2. The number of thioether (sulfide) groups is 1. The molecular weight excluding hydrogens is 386 g/mol. The fourth-order valence-corrected chi connectivity index (χ4v) is 3.46. The van der Waals surface area contributed by atoms with Crippen LogP contribution in [0.3, 0.4) is 0 Å². The van der Waals surface area contributed by atoms with Gasteiger partial charge in [0.1, 0.15) is 0 Å². The Morgan fingerprint density at radius 1 is 1.18 bits per heavy atom. The number of hydrogen-bond acceptors (Lipinski definition) is 7. The third kappa shape index (κ3) is 6.22. The number of hydrogen-bond donors (Lipinski definition) is 1. The van der Waals surface area contributed by atoms with Crippen molar-refractivity contribution in [3.8, 4) is 0 Å². The molecule has 0 fully saturated rings. The second kappa shape index (κ2) is 10.1. The van der Waals surface area contributed by atoms with E-state index in [0.29, 0.717) is 0 Å². The van der Waals surface area contributed by atoms with E-state index >= 15 is 0 Å². The summed E-state index contributed by atoms with van der Waals surface area (Å²) in [6.45, 7) is 8.98. The molecule has 0 spiro atoms. The molecule has 0 saturated heterocycles. The van der Waals surface area contributed by atoms with Crippen molar-refractivity contribution in [3.63, 3.8) is 0 Å². The first-order valence-corrected chi connectivity index (χ1v) is 9.67. The van der Waals surface area contributed by atoms with Crippen molar-refractivity contribution < 1.29 is 24.0 Å². The fourth-order valence-electron chi connectivity index (χ4n) is 2.67. The van der Waals surface area contributed by atoms with Crippen molar-refractivity contribution in [1.29, 1.82) is 0 Å². The first-order chi connectivity index (χ1) is 13.0. The predicted octanol–water partition coefficient (Wildman–Crippen LogP) is 2.36. The maximum atomic E-state index is 12.5. The van der Waals surface area contributed by atoms with Gasteiger partial charge in [0.25, 0.3) is 11.6 Å². The van der Waals surface area contributed by atoms with Gasteiger partial charge in [-0.3, -0.25) is 24.5 Å². The van der Waals surface area contributed by atoms with E-state index in [1.165, 1.54) is 19.1 Å². The van der Waals surface area contributed by atoms with Crippen LogP contribution in [0.5, 0.6) is 0 Å². The summed E-state index contributed by atoms with van der Waals surface area (Å²) >= 11 is 0.885. The van der Waals surface area contributed by atoms with Crippen LogP contribution in [0.4, 0.5) is 5.69 Å². The Morgan fingerprint density at radius 2 is 1.75 bits per heavy atom. The average Bonchev–Trinajstić information content (AvgIpc) is 2.58. The number of nitro groups is 1. The molecule has 2 N–H and O–H groups in total. The topological polar surface area (TPSA) is 133 Å². The molecular formula is C18H25N3O6S. The molecule has 0 aromatic heterocycles. The van der Waals surface area contributed by atoms with E-state index in [1.54, 1.807) is 4.90 Å². The SMILES string of the molecule is CC(C)N(C(=O)[C@H](C)OC(=O)CSc1ccc(C(N)=O)cc1[N+](=O)[O-])C(C)C. The van der Waals surface area contributed by atoms with Crippen LogP contribution in [-0.2, 0) is 14.3 Å². The minimum absolute atomic E-state index is 0.000285. The number of rotatable bonds is 9. The molecule has 1 aromatic carbocycles. The molecule has 10 heteroatoms. The number of nitrogens with zero attached hydrogens (tertiary/aromatic N) is 2. The van der Waals surface area contributed by atoms with Crippen LogP contribution in [-0.4, -0.2) is 51.5 Å². The number of esters is 1. The van der Waals surface area contributed by atoms with Crippen LogP contribution < -0.4 is 5.73 Å². The summed E-state index contributed by atoms with van der Waals surface area (Å²) in [6.07, 6.45) is -0.967. The Bertz CT molecular complexity index is 758. The normalized spacial score (nSPS) is 12.0. The standard InChI is InChI=1S/C18H25N3O6S/c1-10(2)20(11(3)4)18(24)12(5)27-16(22)9-28-15-7-6-13(17(19)23)8-14(15)21(25)26/h6-8,10-12H,9H2,1-5H3,(H2,19,23)/t12-/m0/s1. The molecule has 0 aliphatic heterocycles. The molecule has 1 atom stereocenters.